The van der Waals surface area contributed by atoms with Crippen molar-refractivity contribution >= 4 is 27.6 Å². The van der Waals surface area contributed by atoms with Gasteiger partial charge in [-0.05, 0) is 15.9 Å². The second-order valence-electron chi connectivity index (χ2n) is 2.71. The average molecular weight is 232 g/mol. The summed E-state index contributed by atoms with van der Waals surface area (Å²) in [6.45, 7) is 1.48. The Hall–Kier alpha value is -0.770. The van der Waals surface area contributed by atoms with Crippen LogP contribution in [0.2, 0.25) is 0 Å². The highest BCUT2D eigenvalue weighted by molar-refractivity contribution is 9.10. The van der Waals surface area contributed by atoms with E-state index in [-0.39, 0.29) is 5.78 Å². The number of Topliss-reactive ketones (excluding diaryl/α,β-unsaturated/α-hetero) is 1. The van der Waals surface area contributed by atoms with Gasteiger partial charge in [0, 0.05) is 27.1 Å². The van der Waals surface area contributed by atoms with Crippen LogP contribution in [0.4, 0.5) is 5.88 Å². The topological polar surface area (TPSA) is 33.5 Å². The molecule has 0 N–H and O–H groups in total. The van der Waals surface area contributed by atoms with Crippen LogP contribution >= 0.6 is 15.9 Å². The van der Waals surface area contributed by atoms with E-state index in [0.717, 1.165) is 4.47 Å². The first-order valence-corrected chi connectivity index (χ1v) is 4.29. The van der Waals surface area contributed by atoms with E-state index in [9.17, 15) is 4.79 Å². The van der Waals surface area contributed by atoms with Crippen molar-refractivity contribution in [3.8, 4) is 0 Å². The Bertz CT molecular complexity index is 304. The summed E-state index contributed by atoms with van der Waals surface area (Å²) in [4.78, 5) is 12.7. The smallest absolute Gasteiger partial charge is 0.210 e. The van der Waals surface area contributed by atoms with E-state index < -0.39 is 0 Å². The Morgan fingerprint density at radius 2 is 2.17 bits per heavy atom. The van der Waals surface area contributed by atoms with Gasteiger partial charge in [-0.2, -0.15) is 0 Å². The molecule has 0 aliphatic rings. The number of hydrogen-bond acceptors (Lipinski definition) is 3. The van der Waals surface area contributed by atoms with Crippen molar-refractivity contribution in [2.45, 2.75) is 6.92 Å². The summed E-state index contributed by atoms with van der Waals surface area (Å²) in [5.41, 5.74) is 0. The standard InChI is InChI=1S/C8H10BrNO2/c1-5(11)7-4-6(9)8(12-7)10(2)3/h4H,1-3H3. The molecule has 0 spiro atoms. The quantitative estimate of drug-likeness (QED) is 0.733. The number of ketones is 1. The first-order chi connectivity index (χ1) is 5.52. The average Bonchev–Trinajstić information content (AvgIpc) is 2.30. The van der Waals surface area contributed by atoms with Crippen LogP contribution in [-0.4, -0.2) is 19.9 Å². The summed E-state index contributed by atoms with van der Waals surface area (Å²) >= 11 is 3.30. The van der Waals surface area contributed by atoms with E-state index in [1.807, 2.05) is 14.1 Å². The molecule has 0 fully saturated rings. The number of hydrogen-bond donors (Lipinski definition) is 0. The molecular formula is C8H10BrNO2. The molecule has 0 aliphatic heterocycles. The summed E-state index contributed by atoms with van der Waals surface area (Å²) < 4.78 is 6.07. The van der Waals surface area contributed by atoms with Crippen LogP contribution in [0, 0.1) is 0 Å². The molecule has 0 unspecified atom stereocenters. The van der Waals surface area contributed by atoms with Gasteiger partial charge < -0.3 is 9.32 Å². The van der Waals surface area contributed by atoms with Crippen molar-refractivity contribution in [1.29, 1.82) is 0 Å². The van der Waals surface area contributed by atoms with Gasteiger partial charge in [-0.15, -0.1) is 0 Å². The summed E-state index contributed by atoms with van der Waals surface area (Å²) in [6.07, 6.45) is 0. The maximum absolute atomic E-state index is 10.9. The van der Waals surface area contributed by atoms with E-state index in [0.29, 0.717) is 11.6 Å². The predicted molar refractivity (Wildman–Crippen MR) is 50.7 cm³/mol. The zero-order valence-electron chi connectivity index (χ0n) is 7.22. The molecule has 1 rings (SSSR count). The van der Waals surface area contributed by atoms with Gasteiger partial charge in [0.25, 0.3) is 0 Å². The lowest BCUT2D eigenvalue weighted by Gasteiger charge is -2.07. The molecule has 0 bridgehead atoms. The highest BCUT2D eigenvalue weighted by atomic mass is 79.9. The van der Waals surface area contributed by atoms with Gasteiger partial charge >= 0.3 is 0 Å². The van der Waals surface area contributed by atoms with Gasteiger partial charge in [-0.3, -0.25) is 4.79 Å². The molecule has 0 saturated heterocycles. The zero-order valence-corrected chi connectivity index (χ0v) is 8.81. The van der Waals surface area contributed by atoms with Crippen molar-refractivity contribution in [1.82, 2.24) is 0 Å². The van der Waals surface area contributed by atoms with E-state index in [1.165, 1.54) is 6.92 Å². The maximum Gasteiger partial charge on any atom is 0.210 e. The molecule has 12 heavy (non-hydrogen) atoms. The highest BCUT2D eigenvalue weighted by Gasteiger charge is 2.12. The van der Waals surface area contributed by atoms with Crippen molar-refractivity contribution < 1.29 is 9.21 Å². The molecule has 0 amide bonds. The molecule has 0 atom stereocenters. The lowest BCUT2D eigenvalue weighted by atomic mass is 10.3. The fraction of sp³-hybridized carbons (Fsp3) is 0.375. The van der Waals surface area contributed by atoms with E-state index in [4.69, 9.17) is 4.42 Å². The SMILES string of the molecule is CC(=O)c1cc(Br)c(N(C)C)o1. The molecule has 4 heteroatoms. The van der Waals surface area contributed by atoms with Gasteiger partial charge in [0.2, 0.25) is 5.88 Å². The fourth-order valence-electron chi connectivity index (χ4n) is 0.838. The molecule has 0 aliphatic carbocycles. The lowest BCUT2D eigenvalue weighted by molar-refractivity contribution is 0.0988. The molecule has 1 heterocycles. The van der Waals surface area contributed by atoms with Crippen LogP contribution in [0.1, 0.15) is 17.5 Å². The largest absolute Gasteiger partial charge is 0.436 e. The molecule has 3 nitrogen and oxygen atoms in total. The third-order valence-corrected chi connectivity index (χ3v) is 1.99. The van der Waals surface area contributed by atoms with Gasteiger partial charge in [0.05, 0.1) is 4.47 Å². The number of carbonyl (C=O) groups is 1. The fourth-order valence-corrected chi connectivity index (χ4v) is 1.48. The van der Waals surface area contributed by atoms with Crippen LogP contribution in [0.15, 0.2) is 15.0 Å². The van der Waals surface area contributed by atoms with Crippen LogP contribution in [-0.2, 0) is 0 Å². The van der Waals surface area contributed by atoms with Gasteiger partial charge in [0.15, 0.2) is 11.5 Å². The lowest BCUT2D eigenvalue weighted by Crippen LogP contribution is -2.07. The van der Waals surface area contributed by atoms with Crippen LogP contribution in [0.25, 0.3) is 0 Å². The second-order valence-corrected chi connectivity index (χ2v) is 3.57. The Labute approximate surface area is 79.5 Å². The van der Waals surface area contributed by atoms with Crippen LogP contribution < -0.4 is 4.90 Å². The Balaban J connectivity index is 3.09. The van der Waals surface area contributed by atoms with Crippen LogP contribution in [0.3, 0.4) is 0 Å². The minimum Gasteiger partial charge on any atom is -0.436 e. The molecule has 0 saturated carbocycles. The van der Waals surface area contributed by atoms with E-state index >= 15 is 0 Å². The molecule has 66 valence electrons. The van der Waals surface area contributed by atoms with Crippen LogP contribution in [0.5, 0.6) is 0 Å². The second kappa shape index (κ2) is 3.31. The predicted octanol–water partition coefficient (Wildman–Crippen LogP) is 2.31. The number of furan rings is 1. The first kappa shape index (κ1) is 9.32. The normalized spacial score (nSPS) is 10.0. The molecule has 0 radical (unpaired) electrons. The number of carbonyl (C=O) groups excluding carboxylic acids is 1. The molecule has 1 aromatic heterocycles. The molecule has 1 aromatic rings. The molecule has 0 aromatic carbocycles. The van der Waals surface area contributed by atoms with Crippen molar-refractivity contribution in [3.63, 3.8) is 0 Å². The van der Waals surface area contributed by atoms with Crippen molar-refractivity contribution in [2.24, 2.45) is 0 Å². The Morgan fingerprint density at radius 1 is 1.58 bits per heavy atom. The van der Waals surface area contributed by atoms with Gasteiger partial charge in [-0.1, -0.05) is 0 Å². The summed E-state index contributed by atoms with van der Waals surface area (Å²) in [7, 11) is 3.71. The van der Waals surface area contributed by atoms with E-state index in [1.54, 1.807) is 11.0 Å². The van der Waals surface area contributed by atoms with E-state index in [2.05, 4.69) is 15.9 Å². The summed E-state index contributed by atoms with van der Waals surface area (Å²) in [6, 6.07) is 1.68. The minimum absolute atomic E-state index is 0.0659. The third-order valence-electron chi connectivity index (χ3n) is 1.42. The highest BCUT2D eigenvalue weighted by Crippen LogP contribution is 2.28. The first-order valence-electron chi connectivity index (χ1n) is 3.50. The zero-order chi connectivity index (χ0) is 9.30. The van der Waals surface area contributed by atoms with Gasteiger partial charge in [-0.25, -0.2) is 0 Å². The van der Waals surface area contributed by atoms with Crippen molar-refractivity contribution in [2.75, 3.05) is 19.0 Å². The minimum atomic E-state index is -0.0659. The third kappa shape index (κ3) is 1.69. The number of anilines is 1. The number of halogens is 1. The van der Waals surface area contributed by atoms with Gasteiger partial charge in [0.1, 0.15) is 0 Å². The van der Waals surface area contributed by atoms with Crippen molar-refractivity contribution in [3.05, 3.63) is 16.3 Å². The Kier molecular flexibility index (Phi) is 2.57. The number of nitrogens with zero attached hydrogens (tertiary/aromatic N) is 1. The maximum atomic E-state index is 10.9. The molecular weight excluding hydrogens is 222 g/mol. The summed E-state index contributed by atoms with van der Waals surface area (Å²) in [5.74, 6) is 0.981. The monoisotopic (exact) mass is 231 g/mol. The number of rotatable bonds is 2. The Morgan fingerprint density at radius 3 is 2.42 bits per heavy atom. The summed E-state index contributed by atoms with van der Waals surface area (Å²) in [5, 5.41) is 0.